The lowest BCUT2D eigenvalue weighted by Crippen LogP contribution is -2.45. The summed E-state index contributed by atoms with van der Waals surface area (Å²) in [7, 11) is 0. The minimum atomic E-state index is -0.933. The molecule has 0 bridgehead atoms. The molecule has 2 aromatic rings. The van der Waals surface area contributed by atoms with Crippen molar-refractivity contribution in [3.8, 4) is 0 Å². The first-order chi connectivity index (χ1) is 13.3. The Labute approximate surface area is 161 Å². The minimum absolute atomic E-state index is 0.0489. The van der Waals surface area contributed by atoms with E-state index in [9.17, 15) is 24.8 Å². The van der Waals surface area contributed by atoms with E-state index in [0.29, 0.717) is 18.7 Å². The highest BCUT2D eigenvalue weighted by Crippen LogP contribution is 2.30. The number of nitrogens with one attached hydrogen (secondary N) is 1. The second-order valence-corrected chi connectivity index (χ2v) is 7.07. The molecule has 28 heavy (non-hydrogen) atoms. The van der Waals surface area contributed by atoms with Gasteiger partial charge in [0, 0.05) is 30.4 Å². The number of carboxylic acids is 1. The second-order valence-electron chi connectivity index (χ2n) is 7.07. The first-order valence-electron chi connectivity index (χ1n) is 8.97. The fraction of sp³-hybridized carbons (Fsp3) is 0.300. The Morgan fingerprint density at radius 1 is 1.18 bits per heavy atom. The van der Waals surface area contributed by atoms with Gasteiger partial charge in [-0.3, -0.25) is 19.7 Å². The number of carbonyl (C=O) groups is 2. The molecule has 0 aliphatic carbocycles. The molecule has 2 unspecified atom stereocenters. The van der Waals surface area contributed by atoms with Crippen LogP contribution in [0.25, 0.3) is 0 Å². The second kappa shape index (κ2) is 8.08. The predicted molar refractivity (Wildman–Crippen MR) is 104 cm³/mol. The summed E-state index contributed by atoms with van der Waals surface area (Å²) in [4.78, 5) is 36.6. The van der Waals surface area contributed by atoms with Gasteiger partial charge in [0.2, 0.25) is 0 Å². The summed E-state index contributed by atoms with van der Waals surface area (Å²) < 4.78 is 0. The standard InChI is InChI=1S/C20H21N3O5/c1-13-9-15(20(25)26)12-22(11-13)19(24)14-7-8-17(18(10-14)23(27)28)21-16-5-3-2-4-6-16/h2-8,10,13,15,21H,9,11-12H2,1H3,(H,25,26). The Balaban J connectivity index is 1.86. The van der Waals surface area contributed by atoms with Crippen LogP contribution in [0.5, 0.6) is 0 Å². The van der Waals surface area contributed by atoms with Gasteiger partial charge >= 0.3 is 5.97 Å². The van der Waals surface area contributed by atoms with Crippen molar-refractivity contribution in [3.05, 3.63) is 64.2 Å². The lowest BCUT2D eigenvalue weighted by Gasteiger charge is -2.34. The topological polar surface area (TPSA) is 113 Å². The number of benzene rings is 2. The first-order valence-corrected chi connectivity index (χ1v) is 8.97. The van der Waals surface area contributed by atoms with E-state index >= 15 is 0 Å². The molecule has 3 rings (SSSR count). The molecule has 1 aliphatic rings. The Kier molecular flexibility index (Phi) is 5.58. The summed E-state index contributed by atoms with van der Waals surface area (Å²) in [6.45, 7) is 2.43. The van der Waals surface area contributed by atoms with Crippen molar-refractivity contribution in [2.75, 3.05) is 18.4 Å². The molecular formula is C20H21N3O5. The van der Waals surface area contributed by atoms with Crippen LogP contribution < -0.4 is 5.32 Å². The molecule has 1 amide bonds. The molecule has 1 fully saturated rings. The lowest BCUT2D eigenvalue weighted by molar-refractivity contribution is -0.383. The molecular weight excluding hydrogens is 362 g/mol. The molecule has 1 aliphatic heterocycles. The fourth-order valence-electron chi connectivity index (χ4n) is 3.48. The Morgan fingerprint density at radius 3 is 2.54 bits per heavy atom. The molecule has 0 radical (unpaired) electrons. The molecule has 8 heteroatoms. The summed E-state index contributed by atoms with van der Waals surface area (Å²) in [5, 5.41) is 23.8. The third-order valence-electron chi connectivity index (χ3n) is 4.79. The predicted octanol–water partition coefficient (Wildman–Crippen LogP) is 3.52. The Hall–Kier alpha value is -3.42. The van der Waals surface area contributed by atoms with Crippen molar-refractivity contribution < 1.29 is 19.6 Å². The third kappa shape index (κ3) is 4.28. The summed E-state index contributed by atoms with van der Waals surface area (Å²) in [5.41, 5.74) is 0.931. The van der Waals surface area contributed by atoms with E-state index < -0.39 is 22.7 Å². The zero-order valence-electron chi connectivity index (χ0n) is 15.4. The van der Waals surface area contributed by atoms with E-state index in [1.54, 1.807) is 12.1 Å². The van der Waals surface area contributed by atoms with Gasteiger partial charge in [0.25, 0.3) is 11.6 Å². The minimum Gasteiger partial charge on any atom is -0.481 e. The number of hydrogen-bond acceptors (Lipinski definition) is 5. The zero-order chi connectivity index (χ0) is 20.3. The number of nitrogens with zero attached hydrogens (tertiary/aromatic N) is 2. The number of likely N-dealkylation sites (tertiary alicyclic amines) is 1. The monoisotopic (exact) mass is 383 g/mol. The van der Waals surface area contributed by atoms with Crippen LogP contribution in [0.1, 0.15) is 23.7 Å². The normalized spacial score (nSPS) is 19.1. The quantitative estimate of drug-likeness (QED) is 0.603. The van der Waals surface area contributed by atoms with Gasteiger partial charge in [-0.2, -0.15) is 0 Å². The van der Waals surface area contributed by atoms with E-state index in [2.05, 4.69) is 5.32 Å². The largest absolute Gasteiger partial charge is 0.481 e. The summed E-state index contributed by atoms with van der Waals surface area (Å²) in [6, 6.07) is 13.3. The number of nitro groups is 1. The van der Waals surface area contributed by atoms with Crippen LogP contribution in [0.3, 0.4) is 0 Å². The van der Waals surface area contributed by atoms with Crippen LogP contribution in [0.4, 0.5) is 17.1 Å². The number of amides is 1. The SMILES string of the molecule is CC1CC(C(=O)O)CN(C(=O)c2ccc(Nc3ccccc3)c([N+](=O)[O-])c2)C1. The number of aliphatic carboxylic acids is 1. The molecule has 2 atom stereocenters. The lowest BCUT2D eigenvalue weighted by atomic mass is 9.90. The summed E-state index contributed by atoms with van der Waals surface area (Å²) in [6.07, 6.45) is 0.513. The average Bonchev–Trinajstić information content (AvgIpc) is 2.67. The van der Waals surface area contributed by atoms with Crippen molar-refractivity contribution in [1.82, 2.24) is 4.90 Å². The number of para-hydroxylation sites is 1. The number of piperidine rings is 1. The first kappa shape index (κ1) is 19.3. The van der Waals surface area contributed by atoms with Crippen LogP contribution in [0.15, 0.2) is 48.5 Å². The van der Waals surface area contributed by atoms with Gasteiger partial charge in [-0.1, -0.05) is 25.1 Å². The molecule has 2 aromatic carbocycles. The van der Waals surface area contributed by atoms with Crippen molar-refractivity contribution in [1.29, 1.82) is 0 Å². The molecule has 1 saturated heterocycles. The zero-order valence-corrected chi connectivity index (χ0v) is 15.4. The van der Waals surface area contributed by atoms with Crippen molar-refractivity contribution >= 4 is 28.9 Å². The highest BCUT2D eigenvalue weighted by Gasteiger charge is 2.32. The van der Waals surface area contributed by atoms with Gasteiger partial charge in [0.15, 0.2) is 0 Å². The van der Waals surface area contributed by atoms with Crippen molar-refractivity contribution in [3.63, 3.8) is 0 Å². The molecule has 1 heterocycles. The van der Waals surface area contributed by atoms with Gasteiger partial charge in [0.1, 0.15) is 5.69 Å². The van der Waals surface area contributed by atoms with E-state index in [4.69, 9.17) is 0 Å². The smallest absolute Gasteiger partial charge is 0.308 e. The van der Waals surface area contributed by atoms with Gasteiger partial charge < -0.3 is 15.3 Å². The van der Waals surface area contributed by atoms with E-state index in [1.807, 2.05) is 25.1 Å². The fourth-order valence-corrected chi connectivity index (χ4v) is 3.48. The Bertz CT molecular complexity index is 900. The van der Waals surface area contributed by atoms with E-state index in [1.165, 1.54) is 23.1 Å². The van der Waals surface area contributed by atoms with Gasteiger partial charge in [-0.05, 0) is 36.6 Å². The summed E-state index contributed by atoms with van der Waals surface area (Å²) >= 11 is 0. The highest BCUT2D eigenvalue weighted by atomic mass is 16.6. The van der Waals surface area contributed by atoms with Crippen LogP contribution in [0.2, 0.25) is 0 Å². The Morgan fingerprint density at radius 2 is 1.89 bits per heavy atom. The molecule has 0 saturated carbocycles. The van der Waals surface area contributed by atoms with Gasteiger partial charge in [-0.25, -0.2) is 0 Å². The van der Waals surface area contributed by atoms with Crippen LogP contribution >= 0.6 is 0 Å². The highest BCUT2D eigenvalue weighted by molar-refractivity contribution is 5.96. The van der Waals surface area contributed by atoms with Crippen LogP contribution in [0, 0.1) is 22.0 Å². The van der Waals surface area contributed by atoms with Crippen LogP contribution in [-0.4, -0.2) is 39.9 Å². The number of hydrogen-bond donors (Lipinski definition) is 2. The number of anilines is 2. The molecule has 0 spiro atoms. The third-order valence-corrected chi connectivity index (χ3v) is 4.79. The number of carboxylic acid groups (broad SMARTS) is 1. The number of nitro benzene ring substituents is 1. The molecule has 8 nitrogen and oxygen atoms in total. The van der Waals surface area contributed by atoms with E-state index in [-0.39, 0.29) is 29.4 Å². The van der Waals surface area contributed by atoms with Crippen molar-refractivity contribution in [2.45, 2.75) is 13.3 Å². The summed E-state index contributed by atoms with van der Waals surface area (Å²) in [5.74, 6) is -1.90. The van der Waals surface area contributed by atoms with E-state index in [0.717, 1.165) is 0 Å². The molecule has 0 aromatic heterocycles. The van der Waals surface area contributed by atoms with Gasteiger partial charge in [0.05, 0.1) is 10.8 Å². The molecule has 146 valence electrons. The maximum Gasteiger partial charge on any atom is 0.308 e. The molecule has 2 N–H and O–H groups in total. The maximum absolute atomic E-state index is 12.8. The maximum atomic E-state index is 12.8. The number of carbonyl (C=O) groups excluding carboxylic acids is 1. The average molecular weight is 383 g/mol. The van der Waals surface area contributed by atoms with Crippen LogP contribution in [-0.2, 0) is 4.79 Å². The number of rotatable bonds is 5. The van der Waals surface area contributed by atoms with Gasteiger partial charge in [-0.15, -0.1) is 0 Å². The van der Waals surface area contributed by atoms with Crippen molar-refractivity contribution in [2.24, 2.45) is 11.8 Å².